The van der Waals surface area contributed by atoms with Gasteiger partial charge in [0.2, 0.25) is 11.9 Å². The van der Waals surface area contributed by atoms with Gasteiger partial charge in [-0.05, 0) is 55.5 Å². The Labute approximate surface area is 175 Å². The molecular formula is C22H26N6O2. The average Bonchev–Trinajstić information content (AvgIpc) is 2.74. The lowest BCUT2D eigenvalue weighted by atomic mass is 9.87. The van der Waals surface area contributed by atoms with Crippen molar-refractivity contribution in [3.63, 3.8) is 0 Å². The molecule has 1 aliphatic heterocycles. The van der Waals surface area contributed by atoms with E-state index in [9.17, 15) is 4.79 Å². The zero-order valence-electron chi connectivity index (χ0n) is 16.8. The summed E-state index contributed by atoms with van der Waals surface area (Å²) in [7, 11) is 0. The first kappa shape index (κ1) is 19.8. The largest absolute Gasteiger partial charge is 0.444 e. The van der Waals surface area contributed by atoms with Crippen LogP contribution >= 0.6 is 0 Å². The number of benzene rings is 2. The van der Waals surface area contributed by atoms with Gasteiger partial charge in [0.25, 0.3) is 0 Å². The number of aliphatic imine (C=N–C) groups is 2. The lowest BCUT2D eigenvalue weighted by Crippen LogP contribution is -2.58. The van der Waals surface area contributed by atoms with Gasteiger partial charge in [-0.15, -0.1) is 0 Å². The van der Waals surface area contributed by atoms with Crippen molar-refractivity contribution in [2.75, 3.05) is 10.2 Å². The molecule has 8 nitrogen and oxygen atoms in total. The highest BCUT2D eigenvalue weighted by Gasteiger charge is 2.42. The van der Waals surface area contributed by atoms with E-state index >= 15 is 0 Å². The molecule has 0 bridgehead atoms. The van der Waals surface area contributed by atoms with Gasteiger partial charge in [0, 0.05) is 11.4 Å². The summed E-state index contributed by atoms with van der Waals surface area (Å²) in [5.41, 5.74) is 14.1. The molecule has 4 rings (SSSR count). The van der Waals surface area contributed by atoms with E-state index in [1.165, 1.54) is 6.42 Å². The van der Waals surface area contributed by atoms with Crippen molar-refractivity contribution in [1.82, 2.24) is 0 Å². The van der Waals surface area contributed by atoms with E-state index in [1.54, 1.807) is 0 Å². The van der Waals surface area contributed by atoms with E-state index in [1.807, 2.05) is 59.5 Å². The molecule has 1 saturated carbocycles. The molecule has 156 valence electrons. The smallest absolute Gasteiger partial charge is 0.411 e. The number of nitrogens with two attached hydrogens (primary N) is 2. The van der Waals surface area contributed by atoms with Gasteiger partial charge in [0.05, 0.1) is 0 Å². The second-order valence-corrected chi connectivity index (χ2v) is 7.55. The molecule has 1 heterocycles. The number of anilines is 2. The quantitative estimate of drug-likeness (QED) is 0.718. The van der Waals surface area contributed by atoms with E-state index in [4.69, 9.17) is 16.2 Å². The van der Waals surface area contributed by atoms with Crippen LogP contribution in [0.1, 0.15) is 37.7 Å². The lowest BCUT2D eigenvalue weighted by molar-refractivity contribution is 0.155. The summed E-state index contributed by atoms with van der Waals surface area (Å²) >= 11 is 0. The van der Waals surface area contributed by atoms with E-state index in [0.29, 0.717) is 11.6 Å². The molecule has 30 heavy (non-hydrogen) atoms. The minimum Gasteiger partial charge on any atom is -0.444 e. The van der Waals surface area contributed by atoms with Crippen LogP contribution in [0.3, 0.4) is 0 Å². The number of amides is 1. The molecule has 0 unspecified atom stereocenters. The number of carbonyl (C=O) groups excluding carboxylic acids is 1. The van der Waals surface area contributed by atoms with Crippen LogP contribution in [0.4, 0.5) is 16.2 Å². The van der Waals surface area contributed by atoms with Crippen LogP contribution in [0.2, 0.25) is 0 Å². The first-order chi connectivity index (χ1) is 14.6. The van der Waals surface area contributed by atoms with Crippen LogP contribution in [0.25, 0.3) is 0 Å². The molecule has 0 aromatic heterocycles. The van der Waals surface area contributed by atoms with Crippen molar-refractivity contribution in [3.05, 3.63) is 60.2 Å². The summed E-state index contributed by atoms with van der Waals surface area (Å²) in [4.78, 5) is 22.9. The molecular weight excluding hydrogens is 380 g/mol. The third-order valence-corrected chi connectivity index (χ3v) is 5.44. The fraction of sp³-hybridized carbons (Fsp3) is 0.318. The van der Waals surface area contributed by atoms with E-state index in [0.717, 1.165) is 36.9 Å². The monoisotopic (exact) mass is 406 g/mol. The summed E-state index contributed by atoms with van der Waals surface area (Å²) in [5.74, 6) is 0.567. The van der Waals surface area contributed by atoms with Crippen LogP contribution in [0.5, 0.6) is 0 Å². The van der Waals surface area contributed by atoms with Crippen LogP contribution in [0.15, 0.2) is 64.6 Å². The number of nitrogens with zero attached hydrogens (tertiary/aromatic N) is 3. The number of hydrogen-bond acceptors (Lipinski definition) is 7. The third-order valence-electron chi connectivity index (χ3n) is 5.44. The van der Waals surface area contributed by atoms with E-state index < -0.39 is 11.8 Å². The molecule has 2 aromatic carbocycles. The molecule has 1 fully saturated rings. The Hall–Kier alpha value is -3.55. The Bertz CT molecular complexity index is 949. The summed E-state index contributed by atoms with van der Waals surface area (Å²) in [6.45, 7) is 0.216. The molecule has 2 aliphatic rings. The van der Waals surface area contributed by atoms with Crippen molar-refractivity contribution in [3.8, 4) is 0 Å². The van der Waals surface area contributed by atoms with Crippen LogP contribution in [0, 0.1) is 0 Å². The topological polar surface area (TPSA) is 118 Å². The van der Waals surface area contributed by atoms with Crippen molar-refractivity contribution in [2.24, 2.45) is 21.5 Å². The Morgan fingerprint density at radius 1 is 1.03 bits per heavy atom. The first-order valence-electron chi connectivity index (χ1n) is 10.1. The van der Waals surface area contributed by atoms with Gasteiger partial charge in [0.15, 0.2) is 0 Å². The molecule has 0 radical (unpaired) electrons. The molecule has 8 heteroatoms. The number of hydrogen-bond donors (Lipinski definition) is 3. The van der Waals surface area contributed by atoms with E-state index in [-0.39, 0.29) is 12.6 Å². The van der Waals surface area contributed by atoms with Gasteiger partial charge < -0.3 is 16.2 Å². The zero-order valence-corrected chi connectivity index (χ0v) is 16.8. The zero-order chi connectivity index (χ0) is 21.0. The number of rotatable bonds is 4. The van der Waals surface area contributed by atoms with Gasteiger partial charge in [-0.3, -0.25) is 10.2 Å². The lowest BCUT2D eigenvalue weighted by Gasteiger charge is -2.45. The van der Waals surface area contributed by atoms with Gasteiger partial charge in [-0.1, -0.05) is 36.8 Å². The highest BCUT2D eigenvalue weighted by Crippen LogP contribution is 2.39. The summed E-state index contributed by atoms with van der Waals surface area (Å²) in [6.07, 6.45) is 4.54. The number of guanidine groups is 2. The molecule has 1 spiro atoms. The molecule has 0 saturated heterocycles. The molecule has 5 N–H and O–H groups in total. The van der Waals surface area contributed by atoms with Gasteiger partial charge in [0.1, 0.15) is 12.3 Å². The molecule has 0 atom stereocenters. The SMILES string of the molecule is NC1=NC2(CCCCC2)N(c2ccc(NC(=O)OCc3ccccc3)cc2)C(N)=N1. The fourth-order valence-electron chi connectivity index (χ4n) is 4.07. The standard InChI is InChI=1S/C22H26N6O2/c23-19-26-20(24)28(22(27-19)13-5-2-6-14-22)18-11-9-17(10-12-18)25-21(29)30-15-16-7-3-1-4-8-16/h1,3-4,7-12H,2,5-6,13-15H2,(H,25,29)(H4,23,24,26,27). The third kappa shape index (κ3) is 4.22. The maximum Gasteiger partial charge on any atom is 0.411 e. The number of nitrogens with one attached hydrogen (secondary N) is 1. The van der Waals surface area contributed by atoms with Crippen molar-refractivity contribution in [1.29, 1.82) is 0 Å². The fourth-order valence-corrected chi connectivity index (χ4v) is 4.07. The summed E-state index contributed by atoms with van der Waals surface area (Å²) in [6, 6.07) is 16.9. The normalized spacial score (nSPS) is 17.8. The number of carbonyl (C=O) groups is 1. The van der Waals surface area contributed by atoms with Gasteiger partial charge in [-0.25, -0.2) is 9.79 Å². The van der Waals surface area contributed by atoms with E-state index in [2.05, 4.69) is 15.3 Å². The second-order valence-electron chi connectivity index (χ2n) is 7.55. The Morgan fingerprint density at radius 2 is 1.73 bits per heavy atom. The van der Waals surface area contributed by atoms with Gasteiger partial charge in [-0.2, -0.15) is 4.99 Å². The van der Waals surface area contributed by atoms with Crippen LogP contribution < -0.4 is 21.7 Å². The molecule has 1 amide bonds. The predicted molar refractivity (Wildman–Crippen MR) is 118 cm³/mol. The molecule has 1 aliphatic carbocycles. The summed E-state index contributed by atoms with van der Waals surface area (Å²) in [5, 5.41) is 2.74. The van der Waals surface area contributed by atoms with Crippen LogP contribution in [-0.4, -0.2) is 23.7 Å². The maximum absolute atomic E-state index is 12.1. The Kier molecular flexibility index (Phi) is 5.56. The second kappa shape index (κ2) is 8.44. The van der Waals surface area contributed by atoms with Crippen molar-refractivity contribution < 1.29 is 9.53 Å². The van der Waals surface area contributed by atoms with Gasteiger partial charge >= 0.3 is 6.09 Å². The predicted octanol–water partition coefficient (Wildman–Crippen LogP) is 3.55. The number of ether oxygens (including phenoxy) is 1. The highest BCUT2D eigenvalue weighted by molar-refractivity contribution is 6.05. The average molecular weight is 406 g/mol. The maximum atomic E-state index is 12.1. The minimum absolute atomic E-state index is 0.216. The first-order valence-corrected chi connectivity index (χ1v) is 10.1. The highest BCUT2D eigenvalue weighted by atomic mass is 16.5. The van der Waals surface area contributed by atoms with Crippen molar-refractivity contribution in [2.45, 2.75) is 44.4 Å². The van der Waals surface area contributed by atoms with Crippen molar-refractivity contribution >= 4 is 29.4 Å². The Balaban J connectivity index is 1.44. The minimum atomic E-state index is -0.508. The molecule has 2 aromatic rings. The summed E-state index contributed by atoms with van der Waals surface area (Å²) < 4.78 is 5.27. The van der Waals surface area contributed by atoms with Crippen LogP contribution in [-0.2, 0) is 11.3 Å². The Morgan fingerprint density at radius 3 is 2.43 bits per heavy atom.